The molecule has 1 atom stereocenters. The second-order valence-electron chi connectivity index (χ2n) is 4.99. The molecule has 0 aliphatic carbocycles. The molecule has 2 heteroatoms. The predicted molar refractivity (Wildman–Crippen MR) is 84.8 cm³/mol. The summed E-state index contributed by atoms with van der Waals surface area (Å²) in [6.45, 7) is 8.14. The van der Waals surface area contributed by atoms with Crippen LogP contribution in [0.3, 0.4) is 0 Å². The van der Waals surface area contributed by atoms with Gasteiger partial charge in [-0.15, -0.1) is 11.8 Å². The topological polar surface area (TPSA) is 9.23 Å². The zero-order valence-electron chi connectivity index (χ0n) is 12.7. The number of rotatable bonds is 14. The average molecular weight is 274 g/mol. The highest BCUT2D eigenvalue weighted by Gasteiger charge is 2.00. The second-order valence-corrected chi connectivity index (χ2v) is 6.40. The van der Waals surface area contributed by atoms with Crippen LogP contribution in [0, 0.1) is 6.61 Å². The minimum atomic E-state index is 0.327. The van der Waals surface area contributed by atoms with E-state index in [2.05, 4.69) is 13.8 Å². The highest BCUT2D eigenvalue weighted by molar-refractivity contribution is 7.99. The molecule has 0 rings (SSSR count). The van der Waals surface area contributed by atoms with Gasteiger partial charge in [0.05, 0.1) is 6.61 Å². The zero-order valence-corrected chi connectivity index (χ0v) is 13.6. The van der Waals surface area contributed by atoms with Gasteiger partial charge in [-0.05, 0) is 26.0 Å². The molecule has 1 unspecified atom stereocenters. The minimum absolute atomic E-state index is 0.327. The van der Waals surface area contributed by atoms with Gasteiger partial charge in [0.15, 0.2) is 0 Å². The molecule has 0 bridgehead atoms. The number of unbranched alkanes of at least 4 members (excludes halogenated alkanes) is 9. The maximum atomic E-state index is 5.37. The molecule has 0 aromatic carbocycles. The molecule has 1 radical (unpaired) electrons. The Morgan fingerprint density at radius 3 is 1.89 bits per heavy atom. The van der Waals surface area contributed by atoms with Crippen LogP contribution in [-0.2, 0) is 4.74 Å². The van der Waals surface area contributed by atoms with Crippen molar-refractivity contribution in [2.24, 2.45) is 0 Å². The van der Waals surface area contributed by atoms with E-state index in [1.165, 1.54) is 70.0 Å². The largest absolute Gasteiger partial charge is 0.362 e. The number of ether oxygens (including phenoxy) is 1. The minimum Gasteiger partial charge on any atom is -0.362 e. The van der Waals surface area contributed by atoms with Crippen LogP contribution in [0.2, 0.25) is 0 Å². The van der Waals surface area contributed by atoms with Crippen molar-refractivity contribution < 1.29 is 4.74 Å². The van der Waals surface area contributed by atoms with Gasteiger partial charge >= 0.3 is 0 Å². The van der Waals surface area contributed by atoms with Crippen molar-refractivity contribution in [1.82, 2.24) is 0 Å². The lowest BCUT2D eigenvalue weighted by atomic mass is 10.1. The Morgan fingerprint density at radius 2 is 1.39 bits per heavy atom. The van der Waals surface area contributed by atoms with Crippen LogP contribution in [0.15, 0.2) is 0 Å². The Kier molecular flexibility index (Phi) is 15.6. The summed E-state index contributed by atoms with van der Waals surface area (Å²) in [6, 6.07) is 0. The molecule has 0 aromatic heterocycles. The van der Waals surface area contributed by atoms with Crippen LogP contribution in [0.5, 0.6) is 0 Å². The highest BCUT2D eigenvalue weighted by atomic mass is 32.2. The summed E-state index contributed by atoms with van der Waals surface area (Å²) in [5.74, 6) is 1.24. The second kappa shape index (κ2) is 15.4. The van der Waals surface area contributed by atoms with Crippen LogP contribution >= 0.6 is 11.8 Å². The smallest absolute Gasteiger partial charge is 0.100 e. The van der Waals surface area contributed by atoms with Crippen molar-refractivity contribution in [3.05, 3.63) is 6.61 Å². The molecule has 0 saturated heterocycles. The van der Waals surface area contributed by atoms with E-state index in [0.29, 0.717) is 5.44 Å². The molecule has 0 heterocycles. The van der Waals surface area contributed by atoms with E-state index in [-0.39, 0.29) is 0 Å². The van der Waals surface area contributed by atoms with Crippen molar-refractivity contribution in [3.63, 3.8) is 0 Å². The fourth-order valence-corrected chi connectivity index (χ4v) is 2.96. The van der Waals surface area contributed by atoms with E-state index >= 15 is 0 Å². The molecule has 0 spiro atoms. The third-order valence-electron chi connectivity index (χ3n) is 3.18. The summed E-state index contributed by atoms with van der Waals surface area (Å²) >= 11 is 1.92. The summed E-state index contributed by atoms with van der Waals surface area (Å²) in [4.78, 5) is 0. The van der Waals surface area contributed by atoms with E-state index in [9.17, 15) is 0 Å². The van der Waals surface area contributed by atoms with Crippen molar-refractivity contribution in [2.75, 3.05) is 5.75 Å². The van der Waals surface area contributed by atoms with Gasteiger partial charge in [-0.2, -0.15) is 0 Å². The summed E-state index contributed by atoms with van der Waals surface area (Å²) in [5, 5.41) is 0. The number of hydrogen-bond donors (Lipinski definition) is 0. The van der Waals surface area contributed by atoms with Gasteiger partial charge in [-0.25, -0.2) is 0 Å². The Morgan fingerprint density at radius 1 is 0.889 bits per heavy atom. The van der Waals surface area contributed by atoms with Crippen LogP contribution in [-0.4, -0.2) is 11.2 Å². The fourth-order valence-electron chi connectivity index (χ4n) is 2.07. The van der Waals surface area contributed by atoms with Gasteiger partial charge in [-0.1, -0.05) is 64.7 Å². The van der Waals surface area contributed by atoms with Crippen molar-refractivity contribution in [1.29, 1.82) is 0 Å². The van der Waals surface area contributed by atoms with E-state index in [1.54, 1.807) is 6.61 Å². The highest BCUT2D eigenvalue weighted by Crippen LogP contribution is 2.16. The fraction of sp³-hybridized carbons (Fsp3) is 0.938. The van der Waals surface area contributed by atoms with Crippen molar-refractivity contribution in [2.45, 2.75) is 90.4 Å². The summed E-state index contributed by atoms with van der Waals surface area (Å²) in [6.07, 6.45) is 14.2. The van der Waals surface area contributed by atoms with E-state index in [4.69, 9.17) is 4.74 Å². The lowest BCUT2D eigenvalue weighted by molar-refractivity contribution is 0.193. The van der Waals surface area contributed by atoms with Gasteiger partial charge in [0, 0.05) is 0 Å². The molecule has 0 aliphatic rings. The third-order valence-corrected chi connectivity index (χ3v) is 4.28. The first kappa shape index (κ1) is 18.3. The van der Waals surface area contributed by atoms with Crippen LogP contribution in [0.4, 0.5) is 0 Å². The van der Waals surface area contributed by atoms with Crippen molar-refractivity contribution >= 4 is 11.8 Å². The quantitative estimate of drug-likeness (QED) is 0.276. The van der Waals surface area contributed by atoms with E-state index < -0.39 is 0 Å². The average Bonchev–Trinajstić information content (AvgIpc) is 2.36. The van der Waals surface area contributed by atoms with Gasteiger partial charge < -0.3 is 4.74 Å². The summed E-state index contributed by atoms with van der Waals surface area (Å²) in [7, 11) is 0. The van der Waals surface area contributed by atoms with Gasteiger partial charge in [0.2, 0.25) is 0 Å². The summed E-state index contributed by atoms with van der Waals surface area (Å²) < 4.78 is 5.37. The molecule has 0 saturated carbocycles. The summed E-state index contributed by atoms with van der Waals surface area (Å²) in [5.41, 5.74) is 0.327. The molecule has 1 nitrogen and oxygen atoms in total. The predicted octanol–water partition coefficient (Wildman–Crippen LogP) is 6.18. The maximum absolute atomic E-state index is 5.37. The molecule has 0 amide bonds. The Balaban J connectivity index is 2.98. The van der Waals surface area contributed by atoms with Crippen LogP contribution < -0.4 is 0 Å². The monoisotopic (exact) mass is 273 g/mol. The number of thioether (sulfide) groups is 1. The van der Waals surface area contributed by atoms with Crippen LogP contribution in [0.25, 0.3) is 0 Å². The first-order chi connectivity index (χ1) is 8.81. The first-order valence-electron chi connectivity index (χ1n) is 7.86. The molecule has 109 valence electrons. The third kappa shape index (κ3) is 14.4. The lowest BCUT2D eigenvalue weighted by Crippen LogP contribution is -2.00. The van der Waals surface area contributed by atoms with Crippen LogP contribution in [0.1, 0.15) is 85.0 Å². The van der Waals surface area contributed by atoms with Gasteiger partial charge in [0.1, 0.15) is 5.44 Å². The zero-order chi connectivity index (χ0) is 13.5. The molecule has 0 aromatic rings. The molecular formula is C16H33OS. The maximum Gasteiger partial charge on any atom is 0.100 e. The molecular weight excluding hydrogens is 240 g/mol. The Labute approximate surface area is 119 Å². The standard InChI is InChI=1S/C16H33OS/c1-4-6-7-8-9-10-11-12-13-14-15-18-16(3)17-5-2/h5,16H,4,6-15H2,1-3H3. The normalized spacial score (nSPS) is 12.8. The molecule has 0 fully saturated rings. The molecule has 0 N–H and O–H groups in total. The Hall–Kier alpha value is 0.310. The van der Waals surface area contributed by atoms with E-state index in [0.717, 1.165) is 0 Å². The van der Waals surface area contributed by atoms with E-state index in [1.807, 2.05) is 18.7 Å². The molecule has 18 heavy (non-hydrogen) atoms. The molecule has 0 aliphatic heterocycles. The first-order valence-corrected chi connectivity index (χ1v) is 8.91. The van der Waals surface area contributed by atoms with Gasteiger partial charge in [0.25, 0.3) is 0 Å². The Bertz CT molecular complexity index is 150. The SMILES string of the molecule is C[CH]OC(C)SCCCCCCCCCCCC. The van der Waals surface area contributed by atoms with Crippen molar-refractivity contribution in [3.8, 4) is 0 Å². The lowest BCUT2D eigenvalue weighted by Gasteiger charge is -2.10. The number of hydrogen-bond acceptors (Lipinski definition) is 2. The van der Waals surface area contributed by atoms with Gasteiger partial charge in [-0.3, -0.25) is 0 Å².